The zero-order chi connectivity index (χ0) is 22.1. The largest absolute Gasteiger partial charge is 0.456 e. The topological polar surface area (TPSA) is 84.0 Å². The maximum absolute atomic E-state index is 12.7. The van der Waals surface area contributed by atoms with Crippen molar-refractivity contribution >= 4 is 21.9 Å². The van der Waals surface area contributed by atoms with Crippen LogP contribution >= 0.6 is 0 Å². The first kappa shape index (κ1) is 23.7. The van der Waals surface area contributed by atoms with Crippen LogP contribution in [0.4, 0.5) is 0 Å². The van der Waals surface area contributed by atoms with E-state index < -0.39 is 16.0 Å². The van der Waals surface area contributed by atoms with Gasteiger partial charge < -0.3 is 9.64 Å². The van der Waals surface area contributed by atoms with Gasteiger partial charge in [-0.3, -0.25) is 9.59 Å². The van der Waals surface area contributed by atoms with Crippen molar-refractivity contribution in [2.75, 3.05) is 32.8 Å². The SMILES string of the molecule is O=C(CCc1ccc(S(=O)(=O)N2CCCCC2)cc1)OCC(=O)N1CCCCCCC1. The molecule has 1 amide bonds. The Hall–Kier alpha value is -1.93. The molecule has 0 bridgehead atoms. The van der Waals surface area contributed by atoms with Crippen LogP contribution in [0.3, 0.4) is 0 Å². The quantitative estimate of drug-likeness (QED) is 0.596. The van der Waals surface area contributed by atoms with E-state index >= 15 is 0 Å². The first-order valence-corrected chi connectivity index (χ1v) is 12.9. The Balaban J connectivity index is 1.43. The fraction of sp³-hybridized carbons (Fsp3) is 0.652. The number of esters is 1. The summed E-state index contributed by atoms with van der Waals surface area (Å²) >= 11 is 0. The van der Waals surface area contributed by atoms with Gasteiger partial charge in [-0.2, -0.15) is 4.31 Å². The Bertz CT molecular complexity index is 824. The number of ether oxygens (including phenoxy) is 1. The number of rotatable bonds is 7. The van der Waals surface area contributed by atoms with Crippen LogP contribution < -0.4 is 0 Å². The first-order valence-electron chi connectivity index (χ1n) is 11.5. The van der Waals surface area contributed by atoms with Gasteiger partial charge in [0.2, 0.25) is 10.0 Å². The molecule has 2 heterocycles. The number of amides is 1. The standard InChI is InChI=1S/C23H34N2O5S/c26-22(24-15-5-2-1-3-6-16-24)19-30-23(27)14-11-20-9-12-21(13-10-20)31(28,29)25-17-7-4-8-18-25/h9-10,12-13H,1-8,11,14-19H2. The van der Waals surface area contributed by atoms with Crippen LogP contribution in [0.25, 0.3) is 0 Å². The molecule has 2 saturated heterocycles. The van der Waals surface area contributed by atoms with Crippen LogP contribution in [0.15, 0.2) is 29.2 Å². The lowest BCUT2D eigenvalue weighted by Gasteiger charge is -2.25. The fourth-order valence-electron chi connectivity index (χ4n) is 4.13. The number of nitrogens with zero attached hydrogens (tertiary/aromatic N) is 2. The van der Waals surface area contributed by atoms with Gasteiger partial charge in [0.15, 0.2) is 6.61 Å². The van der Waals surface area contributed by atoms with Crippen molar-refractivity contribution in [1.29, 1.82) is 0 Å². The smallest absolute Gasteiger partial charge is 0.306 e. The molecule has 0 spiro atoms. The lowest BCUT2D eigenvalue weighted by molar-refractivity contribution is -0.152. The van der Waals surface area contributed by atoms with E-state index in [2.05, 4.69) is 0 Å². The molecule has 0 unspecified atom stereocenters. The molecule has 0 aromatic heterocycles. The highest BCUT2D eigenvalue weighted by Gasteiger charge is 2.25. The zero-order valence-corrected chi connectivity index (χ0v) is 19.1. The molecule has 0 saturated carbocycles. The second kappa shape index (κ2) is 11.6. The number of carbonyl (C=O) groups excluding carboxylic acids is 2. The molecule has 1 aromatic carbocycles. The highest BCUT2D eigenvalue weighted by molar-refractivity contribution is 7.89. The number of aryl methyl sites for hydroxylation is 1. The molecular weight excluding hydrogens is 416 g/mol. The van der Waals surface area contributed by atoms with Crippen LogP contribution in [-0.2, 0) is 30.8 Å². The molecular formula is C23H34N2O5S. The number of benzene rings is 1. The lowest BCUT2D eigenvalue weighted by atomic mass is 10.1. The van der Waals surface area contributed by atoms with E-state index in [9.17, 15) is 18.0 Å². The van der Waals surface area contributed by atoms with E-state index in [0.29, 0.717) is 24.4 Å². The van der Waals surface area contributed by atoms with Crippen molar-refractivity contribution in [2.24, 2.45) is 0 Å². The van der Waals surface area contributed by atoms with Gasteiger partial charge in [-0.25, -0.2) is 8.42 Å². The average molecular weight is 451 g/mol. The summed E-state index contributed by atoms with van der Waals surface area (Å²) in [6, 6.07) is 6.71. The molecule has 1 aromatic rings. The average Bonchev–Trinajstić information content (AvgIpc) is 2.77. The number of carbonyl (C=O) groups is 2. The van der Waals surface area contributed by atoms with E-state index in [1.807, 2.05) is 0 Å². The van der Waals surface area contributed by atoms with Gasteiger partial charge >= 0.3 is 5.97 Å². The van der Waals surface area contributed by atoms with Gasteiger partial charge in [-0.1, -0.05) is 37.8 Å². The molecule has 0 radical (unpaired) electrons. The summed E-state index contributed by atoms with van der Waals surface area (Å²) in [5.41, 5.74) is 0.865. The van der Waals surface area contributed by atoms with Crippen molar-refractivity contribution in [3.05, 3.63) is 29.8 Å². The van der Waals surface area contributed by atoms with Crippen molar-refractivity contribution in [1.82, 2.24) is 9.21 Å². The number of piperidine rings is 1. The second-order valence-electron chi connectivity index (χ2n) is 8.42. The predicted molar refractivity (Wildman–Crippen MR) is 118 cm³/mol. The Morgan fingerprint density at radius 2 is 1.35 bits per heavy atom. The molecule has 7 nitrogen and oxygen atoms in total. The summed E-state index contributed by atoms with van der Waals surface area (Å²) in [6.45, 7) is 2.43. The van der Waals surface area contributed by atoms with Gasteiger partial charge in [0.1, 0.15) is 0 Å². The van der Waals surface area contributed by atoms with Crippen molar-refractivity contribution in [2.45, 2.75) is 69.1 Å². The molecule has 3 rings (SSSR count). The Kier molecular flexibility index (Phi) is 8.90. The zero-order valence-electron chi connectivity index (χ0n) is 18.3. The van der Waals surface area contributed by atoms with Gasteiger partial charge in [0.05, 0.1) is 4.90 Å². The first-order chi connectivity index (χ1) is 15.0. The molecule has 0 N–H and O–H groups in total. The van der Waals surface area contributed by atoms with Crippen molar-refractivity contribution in [3.8, 4) is 0 Å². The Morgan fingerprint density at radius 1 is 0.806 bits per heavy atom. The Morgan fingerprint density at radius 3 is 2.00 bits per heavy atom. The van der Waals surface area contributed by atoms with Gasteiger partial charge in [-0.05, 0) is 49.8 Å². The normalized spacial score (nSPS) is 18.8. The molecule has 172 valence electrons. The maximum atomic E-state index is 12.7. The van der Waals surface area contributed by atoms with Crippen LogP contribution in [0.1, 0.15) is 63.4 Å². The summed E-state index contributed by atoms with van der Waals surface area (Å²) in [6.07, 6.45) is 8.99. The molecule has 2 aliphatic rings. The lowest BCUT2D eigenvalue weighted by Crippen LogP contribution is -2.36. The minimum atomic E-state index is -3.44. The number of likely N-dealkylation sites (tertiary alicyclic amines) is 1. The fourth-order valence-corrected chi connectivity index (χ4v) is 5.65. The minimum absolute atomic E-state index is 0.123. The van der Waals surface area contributed by atoms with E-state index in [4.69, 9.17) is 4.74 Å². The number of hydrogen-bond donors (Lipinski definition) is 0. The minimum Gasteiger partial charge on any atom is -0.456 e. The van der Waals surface area contributed by atoms with E-state index in [-0.39, 0.29) is 18.9 Å². The molecule has 31 heavy (non-hydrogen) atoms. The molecule has 2 aliphatic heterocycles. The van der Waals surface area contributed by atoms with E-state index in [1.54, 1.807) is 33.5 Å². The maximum Gasteiger partial charge on any atom is 0.306 e. The molecule has 2 fully saturated rings. The Labute approximate surface area is 185 Å². The van der Waals surface area contributed by atoms with Gasteiger partial charge in [-0.15, -0.1) is 0 Å². The van der Waals surface area contributed by atoms with Crippen molar-refractivity contribution in [3.63, 3.8) is 0 Å². The second-order valence-corrected chi connectivity index (χ2v) is 10.4. The van der Waals surface area contributed by atoms with Crippen LogP contribution in [0, 0.1) is 0 Å². The third kappa shape index (κ3) is 7.04. The van der Waals surface area contributed by atoms with Gasteiger partial charge in [0, 0.05) is 32.6 Å². The number of hydrogen-bond acceptors (Lipinski definition) is 5. The monoisotopic (exact) mass is 450 g/mol. The predicted octanol–water partition coefficient (Wildman–Crippen LogP) is 3.13. The van der Waals surface area contributed by atoms with Crippen molar-refractivity contribution < 1.29 is 22.7 Å². The highest BCUT2D eigenvalue weighted by atomic mass is 32.2. The molecule has 0 aliphatic carbocycles. The van der Waals surface area contributed by atoms with Crippen LogP contribution in [0.2, 0.25) is 0 Å². The summed E-state index contributed by atoms with van der Waals surface area (Å²) in [4.78, 5) is 26.4. The van der Waals surface area contributed by atoms with Crippen LogP contribution in [-0.4, -0.2) is 62.3 Å². The third-order valence-electron chi connectivity index (χ3n) is 6.06. The summed E-state index contributed by atoms with van der Waals surface area (Å²) in [5, 5.41) is 0. The third-order valence-corrected chi connectivity index (χ3v) is 7.97. The van der Waals surface area contributed by atoms with E-state index in [1.165, 1.54) is 6.42 Å². The summed E-state index contributed by atoms with van der Waals surface area (Å²) in [7, 11) is -3.44. The summed E-state index contributed by atoms with van der Waals surface area (Å²) < 4.78 is 32.1. The number of sulfonamides is 1. The van der Waals surface area contributed by atoms with Crippen LogP contribution in [0.5, 0.6) is 0 Å². The van der Waals surface area contributed by atoms with Gasteiger partial charge in [0.25, 0.3) is 5.91 Å². The summed E-state index contributed by atoms with van der Waals surface area (Å²) in [5.74, 6) is -0.534. The molecule has 8 heteroatoms. The molecule has 0 atom stereocenters. The highest BCUT2D eigenvalue weighted by Crippen LogP contribution is 2.21. The van der Waals surface area contributed by atoms with E-state index in [0.717, 1.165) is 63.6 Å².